The maximum absolute atomic E-state index is 11.4. The summed E-state index contributed by atoms with van der Waals surface area (Å²) in [7, 11) is -4.19. The molecule has 0 saturated carbocycles. The number of aliphatic hydroxyl groups is 1. The average molecular weight is 387 g/mol. The molecule has 0 aliphatic heterocycles. The number of aliphatic hydroxyl groups excluding tert-OH is 1. The second-order valence-electron chi connectivity index (χ2n) is 7.08. The van der Waals surface area contributed by atoms with Gasteiger partial charge in [-0.3, -0.25) is 0 Å². The van der Waals surface area contributed by atoms with Crippen LogP contribution in [-0.2, 0) is 10.1 Å². The molecule has 0 heterocycles. The second-order valence-corrected chi connectivity index (χ2v) is 8.73. The zero-order valence-corrected chi connectivity index (χ0v) is 19.7. The van der Waals surface area contributed by atoms with E-state index in [0.717, 1.165) is 32.1 Å². The minimum absolute atomic E-state index is 0. The molecule has 0 rings (SSSR count). The fourth-order valence-corrected chi connectivity index (χ4v) is 3.98. The minimum atomic E-state index is -4.19. The van der Waals surface area contributed by atoms with Crippen LogP contribution in [-0.4, -0.2) is 29.4 Å². The Morgan fingerprint density at radius 2 is 1.16 bits per heavy atom. The van der Waals surface area contributed by atoms with Gasteiger partial charge < -0.3 is 9.66 Å². The van der Waals surface area contributed by atoms with E-state index in [1.807, 2.05) is 6.92 Å². The fourth-order valence-electron chi connectivity index (χ4n) is 3.07. The van der Waals surface area contributed by atoms with Gasteiger partial charge in [-0.15, -0.1) is 0 Å². The maximum Gasteiger partial charge on any atom is 1.00 e. The summed E-state index contributed by atoms with van der Waals surface area (Å²) in [5, 5.41) is 8.76. The van der Waals surface area contributed by atoms with Gasteiger partial charge in [-0.2, -0.15) is 0 Å². The zero-order valence-electron chi connectivity index (χ0n) is 16.8. The number of rotatable bonds is 17. The Balaban J connectivity index is 0. The third-order valence-corrected chi connectivity index (χ3v) is 6.11. The molecule has 6 heteroatoms. The summed E-state index contributed by atoms with van der Waals surface area (Å²) in [5.41, 5.74) is 0. The van der Waals surface area contributed by atoms with E-state index in [2.05, 4.69) is 6.92 Å². The van der Waals surface area contributed by atoms with Crippen molar-refractivity contribution in [2.75, 3.05) is 0 Å². The van der Waals surface area contributed by atoms with E-state index in [9.17, 15) is 18.1 Å². The van der Waals surface area contributed by atoms with Crippen molar-refractivity contribution < 1.29 is 47.6 Å². The average Bonchev–Trinajstić information content (AvgIpc) is 2.53. The summed E-state index contributed by atoms with van der Waals surface area (Å²) < 4.78 is 34.1. The van der Waals surface area contributed by atoms with E-state index >= 15 is 0 Å². The molecule has 4 nitrogen and oxygen atoms in total. The molecule has 0 aromatic heterocycles. The largest absolute Gasteiger partial charge is 1.00 e. The van der Waals surface area contributed by atoms with Crippen molar-refractivity contribution in [3.05, 3.63) is 0 Å². The van der Waals surface area contributed by atoms with Crippen molar-refractivity contribution in [2.24, 2.45) is 0 Å². The van der Waals surface area contributed by atoms with Crippen LogP contribution in [0.1, 0.15) is 110 Å². The van der Waals surface area contributed by atoms with Gasteiger partial charge >= 0.3 is 29.6 Å². The van der Waals surface area contributed by atoms with Crippen LogP contribution in [0.3, 0.4) is 0 Å². The summed E-state index contributed by atoms with van der Waals surface area (Å²) in [6, 6.07) is 0. The molecule has 2 atom stereocenters. The standard InChI is InChI=1S/C19H40O4S.Na/c1-3-5-6-7-8-9-10-11-12-16-19(24(21,22)23)17-14-13-15-18(20)4-2;/h18-20H,3-17H2,1-2H3,(H,21,22,23);/q;+1/p-1. The van der Waals surface area contributed by atoms with Gasteiger partial charge in [-0.05, 0) is 25.7 Å². The van der Waals surface area contributed by atoms with Crippen LogP contribution in [0.5, 0.6) is 0 Å². The van der Waals surface area contributed by atoms with E-state index in [4.69, 9.17) is 0 Å². The molecule has 0 aliphatic rings. The molecule has 0 aliphatic carbocycles. The van der Waals surface area contributed by atoms with E-state index < -0.39 is 15.4 Å². The van der Waals surface area contributed by atoms with Gasteiger partial charge in [0.2, 0.25) is 0 Å². The Hall–Kier alpha value is 0.870. The molecule has 0 radical (unpaired) electrons. The topological polar surface area (TPSA) is 77.4 Å². The Morgan fingerprint density at radius 1 is 0.760 bits per heavy atom. The van der Waals surface area contributed by atoms with Crippen LogP contribution in [0.25, 0.3) is 0 Å². The first kappa shape index (κ1) is 28.1. The van der Waals surface area contributed by atoms with Crippen LogP contribution in [0, 0.1) is 0 Å². The summed E-state index contributed by atoms with van der Waals surface area (Å²) >= 11 is 0. The SMILES string of the molecule is CCCCCCCCCCCC(CCCCC(O)CC)S(=O)(=O)[O-].[Na+]. The van der Waals surface area contributed by atoms with Crippen LogP contribution in [0.15, 0.2) is 0 Å². The molecule has 0 fully saturated rings. The van der Waals surface area contributed by atoms with Crippen molar-refractivity contribution in [3.8, 4) is 0 Å². The van der Waals surface area contributed by atoms with Crippen molar-refractivity contribution >= 4 is 10.1 Å². The molecule has 25 heavy (non-hydrogen) atoms. The molecular formula is C19H39NaO4S. The van der Waals surface area contributed by atoms with E-state index in [0.29, 0.717) is 25.7 Å². The van der Waals surface area contributed by atoms with Gasteiger partial charge in [0.1, 0.15) is 0 Å². The van der Waals surface area contributed by atoms with Gasteiger partial charge in [-0.1, -0.05) is 84.5 Å². The predicted molar refractivity (Wildman–Crippen MR) is 100 cm³/mol. The monoisotopic (exact) mass is 386 g/mol. The summed E-state index contributed by atoms with van der Waals surface area (Å²) in [5.74, 6) is 0. The molecule has 1 N–H and O–H groups in total. The zero-order chi connectivity index (χ0) is 18.3. The smallest absolute Gasteiger partial charge is 0.748 e. The fraction of sp³-hybridized carbons (Fsp3) is 1.00. The molecule has 0 saturated heterocycles. The van der Waals surface area contributed by atoms with E-state index in [-0.39, 0.29) is 35.7 Å². The number of unbranched alkanes of at least 4 members (excludes halogenated alkanes) is 9. The minimum Gasteiger partial charge on any atom is -0.748 e. The van der Waals surface area contributed by atoms with Gasteiger partial charge in [0, 0.05) is 5.25 Å². The predicted octanol–water partition coefficient (Wildman–Crippen LogP) is 2.16. The summed E-state index contributed by atoms with van der Waals surface area (Å²) in [4.78, 5) is 0. The van der Waals surface area contributed by atoms with Gasteiger partial charge in [0.15, 0.2) is 0 Å². The van der Waals surface area contributed by atoms with Crippen molar-refractivity contribution in [2.45, 2.75) is 122 Å². The van der Waals surface area contributed by atoms with Crippen molar-refractivity contribution in [3.63, 3.8) is 0 Å². The van der Waals surface area contributed by atoms with Gasteiger partial charge in [0.05, 0.1) is 16.2 Å². The third-order valence-electron chi connectivity index (χ3n) is 4.82. The van der Waals surface area contributed by atoms with Crippen LogP contribution < -0.4 is 29.6 Å². The normalized spacial score (nSPS) is 14.1. The van der Waals surface area contributed by atoms with Gasteiger partial charge in [0.25, 0.3) is 0 Å². The third kappa shape index (κ3) is 18.0. The van der Waals surface area contributed by atoms with Crippen LogP contribution in [0.4, 0.5) is 0 Å². The first-order chi connectivity index (χ1) is 11.4. The molecule has 0 amide bonds. The van der Waals surface area contributed by atoms with E-state index in [1.165, 1.54) is 38.5 Å². The molecule has 0 aromatic rings. The van der Waals surface area contributed by atoms with Gasteiger partial charge in [-0.25, -0.2) is 8.42 Å². The number of hydrogen-bond donors (Lipinski definition) is 1. The van der Waals surface area contributed by atoms with E-state index in [1.54, 1.807) is 0 Å². The summed E-state index contributed by atoms with van der Waals surface area (Å²) in [6.45, 7) is 4.14. The Labute approximate surface area is 178 Å². The molecule has 2 unspecified atom stereocenters. The van der Waals surface area contributed by atoms with Crippen molar-refractivity contribution in [1.82, 2.24) is 0 Å². The second kappa shape index (κ2) is 18.2. The number of hydrogen-bond acceptors (Lipinski definition) is 4. The first-order valence-electron chi connectivity index (χ1n) is 10.0. The molecular weight excluding hydrogens is 347 g/mol. The van der Waals surface area contributed by atoms with Crippen molar-refractivity contribution in [1.29, 1.82) is 0 Å². The Morgan fingerprint density at radius 3 is 1.60 bits per heavy atom. The molecule has 0 bridgehead atoms. The quantitative estimate of drug-likeness (QED) is 0.236. The summed E-state index contributed by atoms with van der Waals surface area (Å²) in [6.07, 6.45) is 14.2. The Bertz CT molecular complexity index is 374. The molecule has 0 spiro atoms. The van der Waals surface area contributed by atoms with Crippen LogP contribution >= 0.6 is 0 Å². The maximum atomic E-state index is 11.4. The molecule has 146 valence electrons. The Kier molecular flexibility index (Phi) is 20.5. The first-order valence-corrected chi connectivity index (χ1v) is 11.5. The van der Waals surface area contributed by atoms with Crippen LogP contribution in [0.2, 0.25) is 0 Å². The molecule has 0 aromatic carbocycles.